The van der Waals surface area contributed by atoms with Crippen LogP contribution in [0.2, 0.25) is 0 Å². The van der Waals surface area contributed by atoms with Gasteiger partial charge in [0, 0.05) is 0 Å². The van der Waals surface area contributed by atoms with Crippen molar-refractivity contribution >= 4 is 11.9 Å². The molecule has 0 atom stereocenters. The van der Waals surface area contributed by atoms with Gasteiger partial charge < -0.3 is 14.2 Å². The molecule has 2 aromatic carbocycles. The van der Waals surface area contributed by atoms with E-state index in [9.17, 15) is 9.59 Å². The Bertz CT molecular complexity index is 704. The Morgan fingerprint density at radius 2 is 1.62 bits per heavy atom. The molecule has 0 aliphatic rings. The fourth-order valence-corrected chi connectivity index (χ4v) is 1.96. The van der Waals surface area contributed by atoms with Gasteiger partial charge in [-0.3, -0.25) is 0 Å². The lowest BCUT2D eigenvalue weighted by atomic mass is 10.2. The van der Waals surface area contributed by atoms with Crippen LogP contribution < -0.4 is 9.47 Å². The Kier molecular flexibility index (Phi) is 5.95. The maximum Gasteiger partial charge on any atom is 0.347 e. The third-order valence-corrected chi connectivity index (χ3v) is 3.18. The van der Waals surface area contributed by atoms with Gasteiger partial charge in [-0.1, -0.05) is 26.0 Å². The molecule has 0 aromatic heterocycles. The number of para-hydroxylation sites is 1. The van der Waals surface area contributed by atoms with Crippen LogP contribution >= 0.6 is 0 Å². The molecule has 5 nitrogen and oxygen atoms in total. The fourth-order valence-electron chi connectivity index (χ4n) is 1.96. The summed E-state index contributed by atoms with van der Waals surface area (Å²) in [6.45, 7) is 4.30. The van der Waals surface area contributed by atoms with Crippen molar-refractivity contribution in [2.45, 2.75) is 13.8 Å². The number of rotatable bonds is 6. The summed E-state index contributed by atoms with van der Waals surface area (Å²) >= 11 is 0. The number of methoxy groups -OCH3 is 1. The van der Waals surface area contributed by atoms with Crippen LogP contribution in [-0.2, 0) is 4.74 Å². The number of carbonyl (C=O) groups is 2. The van der Waals surface area contributed by atoms with Gasteiger partial charge in [0.15, 0.2) is 0 Å². The Morgan fingerprint density at radius 1 is 0.958 bits per heavy atom. The zero-order valence-corrected chi connectivity index (χ0v) is 13.9. The van der Waals surface area contributed by atoms with Gasteiger partial charge in [-0.2, -0.15) is 0 Å². The summed E-state index contributed by atoms with van der Waals surface area (Å²) in [6.07, 6.45) is 0. The van der Waals surface area contributed by atoms with E-state index in [4.69, 9.17) is 14.2 Å². The van der Waals surface area contributed by atoms with E-state index in [0.717, 1.165) is 0 Å². The number of esters is 2. The van der Waals surface area contributed by atoms with E-state index in [1.54, 1.807) is 48.5 Å². The van der Waals surface area contributed by atoms with Crippen molar-refractivity contribution in [2.75, 3.05) is 13.7 Å². The van der Waals surface area contributed by atoms with Gasteiger partial charge in [-0.25, -0.2) is 9.59 Å². The number of ether oxygens (including phenoxy) is 3. The van der Waals surface area contributed by atoms with Gasteiger partial charge in [0.25, 0.3) is 0 Å². The first-order valence-electron chi connectivity index (χ1n) is 7.63. The number of carbonyl (C=O) groups excluding carboxylic acids is 2. The molecule has 0 bridgehead atoms. The summed E-state index contributed by atoms with van der Waals surface area (Å²) in [5.74, 6) is 0.131. The number of hydrogen-bond acceptors (Lipinski definition) is 5. The molecule has 0 radical (unpaired) electrons. The molecule has 126 valence electrons. The third kappa shape index (κ3) is 4.59. The van der Waals surface area contributed by atoms with Crippen LogP contribution in [0.3, 0.4) is 0 Å². The van der Waals surface area contributed by atoms with E-state index in [1.807, 2.05) is 13.8 Å². The molecule has 2 rings (SSSR count). The monoisotopic (exact) mass is 328 g/mol. The van der Waals surface area contributed by atoms with E-state index in [2.05, 4.69) is 0 Å². The summed E-state index contributed by atoms with van der Waals surface area (Å²) in [6, 6.07) is 13.0. The lowest BCUT2D eigenvalue weighted by molar-refractivity contribution is 0.0459. The molecule has 0 amide bonds. The van der Waals surface area contributed by atoms with Crippen molar-refractivity contribution < 1.29 is 23.8 Å². The number of benzene rings is 2. The Hall–Kier alpha value is -2.82. The van der Waals surface area contributed by atoms with Gasteiger partial charge >= 0.3 is 11.9 Å². The fraction of sp³-hybridized carbons (Fsp3) is 0.263. The van der Waals surface area contributed by atoms with Crippen LogP contribution in [0.1, 0.15) is 34.6 Å². The largest absolute Gasteiger partial charge is 0.496 e. The van der Waals surface area contributed by atoms with E-state index in [1.165, 1.54) is 7.11 Å². The Labute approximate surface area is 141 Å². The molecule has 0 N–H and O–H groups in total. The highest BCUT2D eigenvalue weighted by molar-refractivity contribution is 5.94. The lowest BCUT2D eigenvalue weighted by Gasteiger charge is -2.09. The third-order valence-electron chi connectivity index (χ3n) is 3.18. The van der Waals surface area contributed by atoms with E-state index in [0.29, 0.717) is 29.2 Å². The predicted octanol–water partition coefficient (Wildman–Crippen LogP) is 3.73. The first kappa shape index (κ1) is 17.5. The van der Waals surface area contributed by atoms with Crippen LogP contribution in [0, 0.1) is 5.92 Å². The van der Waals surface area contributed by atoms with E-state index >= 15 is 0 Å². The first-order chi connectivity index (χ1) is 11.5. The summed E-state index contributed by atoms with van der Waals surface area (Å²) in [5.41, 5.74) is 0.744. The van der Waals surface area contributed by atoms with Gasteiger partial charge in [0.05, 0.1) is 19.3 Å². The summed E-state index contributed by atoms with van der Waals surface area (Å²) in [4.78, 5) is 24.0. The van der Waals surface area contributed by atoms with Crippen molar-refractivity contribution in [3.05, 3.63) is 59.7 Å². The molecule has 0 aliphatic carbocycles. The smallest absolute Gasteiger partial charge is 0.347 e. The topological polar surface area (TPSA) is 61.8 Å². The molecule has 0 fully saturated rings. The standard InChI is InChI=1S/C19H20O5/c1-13(2)12-23-18(20)14-8-10-15(11-9-14)24-19(21)16-6-4-5-7-17(16)22-3/h4-11,13H,12H2,1-3H3. The molecule has 5 heteroatoms. The van der Waals surface area contributed by atoms with Gasteiger partial charge in [-0.05, 0) is 42.3 Å². The molecule has 0 spiro atoms. The maximum atomic E-state index is 12.2. The van der Waals surface area contributed by atoms with Crippen LogP contribution in [0.4, 0.5) is 0 Å². The molecule has 24 heavy (non-hydrogen) atoms. The SMILES string of the molecule is COc1ccccc1C(=O)Oc1ccc(C(=O)OCC(C)C)cc1. The quantitative estimate of drug-likeness (QED) is 0.597. The normalized spacial score (nSPS) is 10.3. The second-order valence-electron chi connectivity index (χ2n) is 5.61. The zero-order chi connectivity index (χ0) is 17.5. The van der Waals surface area contributed by atoms with Crippen LogP contribution in [-0.4, -0.2) is 25.7 Å². The van der Waals surface area contributed by atoms with Crippen molar-refractivity contribution in [2.24, 2.45) is 5.92 Å². The zero-order valence-electron chi connectivity index (χ0n) is 13.9. The number of hydrogen-bond donors (Lipinski definition) is 0. The highest BCUT2D eigenvalue weighted by Gasteiger charge is 2.14. The van der Waals surface area contributed by atoms with Crippen molar-refractivity contribution in [1.82, 2.24) is 0 Å². The highest BCUT2D eigenvalue weighted by atomic mass is 16.5. The lowest BCUT2D eigenvalue weighted by Crippen LogP contribution is -2.11. The summed E-state index contributed by atoms with van der Waals surface area (Å²) < 4.78 is 15.6. The van der Waals surface area contributed by atoms with Gasteiger partial charge in [0.2, 0.25) is 0 Å². The predicted molar refractivity (Wildman–Crippen MR) is 89.5 cm³/mol. The molecule has 0 heterocycles. The molecular weight excluding hydrogens is 308 g/mol. The Balaban J connectivity index is 2.03. The minimum absolute atomic E-state index is 0.273. The van der Waals surface area contributed by atoms with Crippen molar-refractivity contribution in [3.63, 3.8) is 0 Å². The molecule has 0 aliphatic heterocycles. The van der Waals surface area contributed by atoms with Crippen LogP contribution in [0.25, 0.3) is 0 Å². The second kappa shape index (κ2) is 8.15. The molecule has 2 aromatic rings. The summed E-state index contributed by atoms with van der Waals surface area (Å²) in [7, 11) is 1.49. The highest BCUT2D eigenvalue weighted by Crippen LogP contribution is 2.21. The molecule has 0 saturated heterocycles. The minimum Gasteiger partial charge on any atom is -0.496 e. The van der Waals surface area contributed by atoms with Crippen molar-refractivity contribution in [1.29, 1.82) is 0 Å². The molecule has 0 saturated carbocycles. The van der Waals surface area contributed by atoms with E-state index in [-0.39, 0.29) is 5.92 Å². The van der Waals surface area contributed by atoms with Gasteiger partial charge in [-0.15, -0.1) is 0 Å². The van der Waals surface area contributed by atoms with Crippen LogP contribution in [0.15, 0.2) is 48.5 Å². The molecular formula is C19H20O5. The first-order valence-corrected chi connectivity index (χ1v) is 7.63. The van der Waals surface area contributed by atoms with Crippen LogP contribution in [0.5, 0.6) is 11.5 Å². The maximum absolute atomic E-state index is 12.2. The summed E-state index contributed by atoms with van der Waals surface area (Å²) in [5, 5.41) is 0. The Morgan fingerprint density at radius 3 is 2.25 bits per heavy atom. The van der Waals surface area contributed by atoms with Gasteiger partial charge in [0.1, 0.15) is 17.1 Å². The average Bonchev–Trinajstić information content (AvgIpc) is 2.60. The second-order valence-corrected chi connectivity index (χ2v) is 5.61. The molecule has 0 unspecified atom stereocenters. The minimum atomic E-state index is -0.525. The van der Waals surface area contributed by atoms with E-state index < -0.39 is 11.9 Å². The average molecular weight is 328 g/mol. The van der Waals surface area contributed by atoms with Crippen molar-refractivity contribution in [3.8, 4) is 11.5 Å².